The molecule has 136 valence electrons. The normalized spacial score (nSPS) is 11.1. The summed E-state index contributed by atoms with van der Waals surface area (Å²) in [4.78, 5) is 15.8. The van der Waals surface area contributed by atoms with Gasteiger partial charge in [0.05, 0.1) is 11.3 Å². The standard InChI is InChI=1S/C19H27N3O2S/c1-5-22(6-2)12-11-20-19(23)16-9-7-8-10-18(16)25-13-17-14(3)21-24-15(17)4/h7-10H,5-6,11-13H2,1-4H3,(H,20,23). The summed E-state index contributed by atoms with van der Waals surface area (Å²) in [5.74, 6) is 1.56. The van der Waals surface area contributed by atoms with Gasteiger partial charge in [-0.05, 0) is 39.1 Å². The van der Waals surface area contributed by atoms with Crippen molar-refractivity contribution in [3.05, 3.63) is 46.8 Å². The summed E-state index contributed by atoms with van der Waals surface area (Å²) in [5, 5.41) is 7.02. The minimum Gasteiger partial charge on any atom is -0.361 e. The first-order valence-corrected chi connectivity index (χ1v) is 9.69. The Bertz CT molecular complexity index is 676. The lowest BCUT2D eigenvalue weighted by Gasteiger charge is -2.18. The van der Waals surface area contributed by atoms with Gasteiger partial charge in [0.25, 0.3) is 5.91 Å². The lowest BCUT2D eigenvalue weighted by Crippen LogP contribution is -2.34. The maximum Gasteiger partial charge on any atom is 0.252 e. The van der Waals surface area contributed by atoms with Crippen LogP contribution in [0.1, 0.15) is 41.2 Å². The second kappa shape index (κ2) is 9.63. The highest BCUT2D eigenvalue weighted by Crippen LogP contribution is 2.28. The maximum absolute atomic E-state index is 12.5. The summed E-state index contributed by atoms with van der Waals surface area (Å²) >= 11 is 1.64. The summed E-state index contributed by atoms with van der Waals surface area (Å²) in [6, 6.07) is 7.73. The van der Waals surface area contributed by atoms with Gasteiger partial charge in [0.15, 0.2) is 0 Å². The van der Waals surface area contributed by atoms with Crippen molar-refractivity contribution in [3.8, 4) is 0 Å². The Morgan fingerprint density at radius 3 is 2.60 bits per heavy atom. The summed E-state index contributed by atoms with van der Waals surface area (Å²) in [6.07, 6.45) is 0. The number of aromatic nitrogens is 1. The molecule has 0 unspecified atom stereocenters. The molecule has 5 nitrogen and oxygen atoms in total. The SMILES string of the molecule is CCN(CC)CCNC(=O)c1ccccc1SCc1c(C)noc1C. The number of nitrogens with zero attached hydrogens (tertiary/aromatic N) is 2. The van der Waals surface area contributed by atoms with Crippen LogP contribution < -0.4 is 5.32 Å². The Hall–Kier alpha value is -1.79. The van der Waals surface area contributed by atoms with Gasteiger partial charge in [-0.2, -0.15) is 0 Å². The molecule has 1 aromatic carbocycles. The lowest BCUT2D eigenvalue weighted by molar-refractivity contribution is 0.0946. The van der Waals surface area contributed by atoms with E-state index in [-0.39, 0.29) is 5.91 Å². The quantitative estimate of drug-likeness (QED) is 0.691. The zero-order chi connectivity index (χ0) is 18.2. The molecule has 0 saturated heterocycles. The van der Waals surface area contributed by atoms with Gasteiger partial charge < -0.3 is 14.7 Å². The van der Waals surface area contributed by atoms with E-state index in [0.717, 1.165) is 52.9 Å². The van der Waals surface area contributed by atoms with Crippen LogP contribution in [0.2, 0.25) is 0 Å². The zero-order valence-corrected chi connectivity index (χ0v) is 16.3. The van der Waals surface area contributed by atoms with Crippen molar-refractivity contribution < 1.29 is 9.32 Å². The van der Waals surface area contributed by atoms with Gasteiger partial charge in [-0.1, -0.05) is 31.1 Å². The molecule has 0 spiro atoms. The van der Waals surface area contributed by atoms with Crippen molar-refractivity contribution in [2.75, 3.05) is 26.2 Å². The van der Waals surface area contributed by atoms with Crippen LogP contribution >= 0.6 is 11.8 Å². The highest BCUT2D eigenvalue weighted by atomic mass is 32.2. The first kappa shape index (κ1) is 19.5. The molecule has 25 heavy (non-hydrogen) atoms. The van der Waals surface area contributed by atoms with Gasteiger partial charge >= 0.3 is 0 Å². The zero-order valence-electron chi connectivity index (χ0n) is 15.5. The number of rotatable bonds is 9. The van der Waals surface area contributed by atoms with Gasteiger partial charge in [0.2, 0.25) is 0 Å². The predicted molar refractivity (Wildman–Crippen MR) is 102 cm³/mol. The number of benzene rings is 1. The molecule has 0 aliphatic carbocycles. The molecule has 0 aliphatic heterocycles. The summed E-state index contributed by atoms with van der Waals surface area (Å²) in [6.45, 7) is 11.6. The minimum absolute atomic E-state index is 0.0194. The number of carbonyl (C=O) groups excluding carboxylic acids is 1. The van der Waals surface area contributed by atoms with Crippen molar-refractivity contribution >= 4 is 17.7 Å². The monoisotopic (exact) mass is 361 g/mol. The van der Waals surface area contributed by atoms with E-state index in [0.29, 0.717) is 6.54 Å². The van der Waals surface area contributed by atoms with E-state index in [1.165, 1.54) is 0 Å². The summed E-state index contributed by atoms with van der Waals surface area (Å²) in [7, 11) is 0. The number of amides is 1. The molecule has 0 aliphatic rings. The molecule has 2 aromatic rings. The number of hydrogen-bond acceptors (Lipinski definition) is 5. The Morgan fingerprint density at radius 2 is 1.96 bits per heavy atom. The van der Waals surface area contributed by atoms with E-state index in [4.69, 9.17) is 4.52 Å². The average molecular weight is 362 g/mol. The number of carbonyl (C=O) groups is 1. The van der Waals surface area contributed by atoms with Crippen LogP contribution in [0.4, 0.5) is 0 Å². The largest absolute Gasteiger partial charge is 0.361 e. The van der Waals surface area contributed by atoms with Crippen LogP contribution in [-0.4, -0.2) is 42.1 Å². The molecule has 0 saturated carbocycles. The highest BCUT2D eigenvalue weighted by Gasteiger charge is 2.14. The molecule has 0 bridgehead atoms. The van der Waals surface area contributed by atoms with Crippen LogP contribution in [0.15, 0.2) is 33.7 Å². The Labute approximate surface area is 154 Å². The summed E-state index contributed by atoms with van der Waals surface area (Å²) in [5.41, 5.74) is 2.73. The molecule has 0 radical (unpaired) electrons. The lowest BCUT2D eigenvalue weighted by atomic mass is 10.2. The fourth-order valence-electron chi connectivity index (χ4n) is 2.60. The van der Waals surface area contributed by atoms with Gasteiger partial charge in [-0.3, -0.25) is 4.79 Å². The molecule has 6 heteroatoms. The van der Waals surface area contributed by atoms with Gasteiger partial charge in [-0.15, -0.1) is 11.8 Å². The van der Waals surface area contributed by atoms with Crippen molar-refractivity contribution in [1.29, 1.82) is 0 Å². The second-order valence-corrected chi connectivity index (χ2v) is 6.89. The molecule has 1 heterocycles. The van der Waals surface area contributed by atoms with Gasteiger partial charge in [0.1, 0.15) is 5.76 Å². The van der Waals surface area contributed by atoms with Crippen molar-refractivity contribution in [2.45, 2.75) is 38.3 Å². The Balaban J connectivity index is 1.98. The third-order valence-corrected chi connectivity index (χ3v) is 5.39. The number of aryl methyl sites for hydroxylation is 2. The number of likely N-dealkylation sites (N-methyl/N-ethyl adjacent to an activating group) is 1. The molecule has 2 rings (SSSR count). The molecule has 1 aromatic heterocycles. The van der Waals surface area contributed by atoms with Gasteiger partial charge in [-0.25, -0.2) is 0 Å². The van der Waals surface area contributed by atoms with Crippen LogP contribution in [0, 0.1) is 13.8 Å². The van der Waals surface area contributed by atoms with Crippen molar-refractivity contribution in [1.82, 2.24) is 15.4 Å². The third kappa shape index (κ3) is 5.34. The minimum atomic E-state index is -0.0194. The van der Waals surface area contributed by atoms with Gasteiger partial charge in [0, 0.05) is 29.3 Å². The fraction of sp³-hybridized carbons (Fsp3) is 0.474. The smallest absolute Gasteiger partial charge is 0.252 e. The number of nitrogens with one attached hydrogen (secondary N) is 1. The maximum atomic E-state index is 12.5. The number of hydrogen-bond donors (Lipinski definition) is 1. The van der Waals surface area contributed by atoms with E-state index >= 15 is 0 Å². The summed E-state index contributed by atoms with van der Waals surface area (Å²) < 4.78 is 5.21. The van der Waals surface area contributed by atoms with E-state index in [1.807, 2.05) is 38.1 Å². The van der Waals surface area contributed by atoms with Crippen molar-refractivity contribution in [2.24, 2.45) is 0 Å². The molecule has 1 N–H and O–H groups in total. The molecular weight excluding hydrogens is 334 g/mol. The highest BCUT2D eigenvalue weighted by molar-refractivity contribution is 7.98. The fourth-order valence-corrected chi connectivity index (χ4v) is 3.80. The second-order valence-electron chi connectivity index (χ2n) is 5.87. The van der Waals surface area contributed by atoms with E-state index in [1.54, 1.807) is 11.8 Å². The first-order valence-electron chi connectivity index (χ1n) is 8.70. The van der Waals surface area contributed by atoms with Crippen molar-refractivity contribution in [3.63, 3.8) is 0 Å². The van der Waals surface area contributed by atoms with Crippen LogP contribution in [0.3, 0.4) is 0 Å². The third-order valence-electron chi connectivity index (χ3n) is 4.29. The molecule has 0 atom stereocenters. The van der Waals surface area contributed by atoms with E-state index < -0.39 is 0 Å². The Kier molecular flexibility index (Phi) is 7.52. The molecule has 1 amide bonds. The van der Waals surface area contributed by atoms with Crippen LogP contribution in [-0.2, 0) is 5.75 Å². The van der Waals surface area contributed by atoms with Crippen LogP contribution in [0.25, 0.3) is 0 Å². The van der Waals surface area contributed by atoms with E-state index in [9.17, 15) is 4.79 Å². The first-order chi connectivity index (χ1) is 12.1. The number of thioether (sulfide) groups is 1. The average Bonchev–Trinajstić information content (AvgIpc) is 2.95. The van der Waals surface area contributed by atoms with E-state index in [2.05, 4.69) is 29.2 Å². The molecular formula is C19H27N3O2S. The van der Waals surface area contributed by atoms with Crippen LogP contribution in [0.5, 0.6) is 0 Å². The molecule has 0 fully saturated rings. The topological polar surface area (TPSA) is 58.4 Å². The predicted octanol–water partition coefficient (Wildman–Crippen LogP) is 3.66. The Morgan fingerprint density at radius 1 is 1.24 bits per heavy atom.